The number of halogens is 3. The SMILES string of the molecule is O=C(c1cccc(OC(F)(F)F)c1)N1CCSc2ncccc21. The number of hydrogen-bond donors (Lipinski definition) is 0. The van der Waals surface area contributed by atoms with Gasteiger partial charge in [-0.1, -0.05) is 6.07 Å². The molecule has 1 aromatic heterocycles. The Hall–Kier alpha value is -2.22. The van der Waals surface area contributed by atoms with E-state index in [4.69, 9.17) is 0 Å². The summed E-state index contributed by atoms with van der Waals surface area (Å²) in [5.41, 5.74) is 0.796. The van der Waals surface area contributed by atoms with Crippen LogP contribution in [0.25, 0.3) is 0 Å². The van der Waals surface area contributed by atoms with Gasteiger partial charge >= 0.3 is 6.36 Å². The Morgan fingerprint density at radius 1 is 1.26 bits per heavy atom. The third-order valence-electron chi connectivity index (χ3n) is 3.16. The van der Waals surface area contributed by atoms with E-state index in [9.17, 15) is 18.0 Å². The monoisotopic (exact) mass is 340 g/mol. The number of thioether (sulfide) groups is 1. The predicted molar refractivity (Wildman–Crippen MR) is 79.8 cm³/mol. The smallest absolute Gasteiger partial charge is 0.406 e. The summed E-state index contributed by atoms with van der Waals surface area (Å²) in [7, 11) is 0. The highest BCUT2D eigenvalue weighted by molar-refractivity contribution is 7.99. The molecule has 0 bridgehead atoms. The largest absolute Gasteiger partial charge is 0.573 e. The second-order valence-electron chi connectivity index (χ2n) is 4.71. The van der Waals surface area contributed by atoms with E-state index in [2.05, 4.69) is 9.72 Å². The first-order valence-corrected chi connectivity index (χ1v) is 7.68. The fourth-order valence-corrected chi connectivity index (χ4v) is 3.17. The van der Waals surface area contributed by atoms with E-state index >= 15 is 0 Å². The van der Waals surface area contributed by atoms with Gasteiger partial charge in [0.1, 0.15) is 10.8 Å². The Bertz CT molecular complexity index is 737. The molecular weight excluding hydrogens is 329 g/mol. The predicted octanol–water partition coefficient (Wildman–Crippen LogP) is 3.73. The number of carbonyl (C=O) groups is 1. The molecule has 2 heterocycles. The summed E-state index contributed by atoms with van der Waals surface area (Å²) < 4.78 is 40.8. The minimum atomic E-state index is -4.79. The lowest BCUT2D eigenvalue weighted by Crippen LogP contribution is -2.35. The van der Waals surface area contributed by atoms with Gasteiger partial charge in [0.2, 0.25) is 0 Å². The summed E-state index contributed by atoms with van der Waals surface area (Å²) in [6, 6.07) is 8.55. The van der Waals surface area contributed by atoms with E-state index in [0.29, 0.717) is 18.0 Å². The van der Waals surface area contributed by atoms with Crippen molar-refractivity contribution in [1.29, 1.82) is 0 Å². The minimum absolute atomic E-state index is 0.133. The first-order valence-electron chi connectivity index (χ1n) is 6.69. The zero-order valence-corrected chi connectivity index (χ0v) is 12.5. The van der Waals surface area contributed by atoms with E-state index in [-0.39, 0.29) is 11.5 Å². The zero-order chi connectivity index (χ0) is 16.4. The molecule has 1 aromatic carbocycles. The van der Waals surface area contributed by atoms with Crippen molar-refractivity contribution < 1.29 is 22.7 Å². The number of ether oxygens (including phenoxy) is 1. The highest BCUT2D eigenvalue weighted by atomic mass is 32.2. The number of anilines is 1. The summed E-state index contributed by atoms with van der Waals surface area (Å²) in [6.07, 6.45) is -3.16. The molecule has 0 fully saturated rings. The average molecular weight is 340 g/mol. The van der Waals surface area contributed by atoms with Gasteiger partial charge in [0.25, 0.3) is 5.91 Å². The number of benzene rings is 1. The number of carbonyl (C=O) groups excluding carboxylic acids is 1. The van der Waals surface area contributed by atoms with Crippen molar-refractivity contribution in [3.05, 3.63) is 48.2 Å². The summed E-state index contributed by atoms with van der Waals surface area (Å²) >= 11 is 1.54. The van der Waals surface area contributed by atoms with Crippen LogP contribution in [0.1, 0.15) is 10.4 Å². The van der Waals surface area contributed by atoms with E-state index in [1.807, 2.05) is 0 Å². The summed E-state index contributed by atoms with van der Waals surface area (Å²) in [5, 5.41) is 0.731. The first-order chi connectivity index (χ1) is 10.9. The maximum Gasteiger partial charge on any atom is 0.573 e. The third-order valence-corrected chi connectivity index (χ3v) is 4.13. The van der Waals surface area contributed by atoms with Crippen LogP contribution in [0.3, 0.4) is 0 Å². The lowest BCUT2D eigenvalue weighted by molar-refractivity contribution is -0.274. The topological polar surface area (TPSA) is 42.4 Å². The van der Waals surface area contributed by atoms with E-state index in [1.165, 1.54) is 28.8 Å². The van der Waals surface area contributed by atoms with Gasteiger partial charge in [-0.2, -0.15) is 0 Å². The fourth-order valence-electron chi connectivity index (χ4n) is 2.25. The van der Waals surface area contributed by atoms with Gasteiger partial charge in [0.15, 0.2) is 0 Å². The van der Waals surface area contributed by atoms with Crippen LogP contribution in [-0.4, -0.2) is 29.6 Å². The molecule has 1 aliphatic rings. The van der Waals surface area contributed by atoms with Crippen LogP contribution >= 0.6 is 11.8 Å². The maximum absolute atomic E-state index is 12.6. The molecule has 2 aromatic rings. The van der Waals surface area contributed by atoms with Crippen LogP contribution in [0.5, 0.6) is 5.75 Å². The molecule has 23 heavy (non-hydrogen) atoms. The Kier molecular flexibility index (Phi) is 4.16. The normalized spacial score (nSPS) is 14.3. The molecule has 0 saturated heterocycles. The number of pyridine rings is 1. The minimum Gasteiger partial charge on any atom is -0.406 e. The molecule has 1 amide bonds. The standard InChI is InChI=1S/C15H11F3N2O2S/c16-15(17,18)22-11-4-1-3-10(9-11)14(21)20-7-8-23-13-12(20)5-2-6-19-13/h1-6,9H,7-8H2. The van der Waals surface area contributed by atoms with Gasteiger partial charge < -0.3 is 9.64 Å². The highest BCUT2D eigenvalue weighted by Crippen LogP contribution is 2.33. The third kappa shape index (κ3) is 3.58. The van der Waals surface area contributed by atoms with Crippen molar-refractivity contribution in [3.63, 3.8) is 0 Å². The van der Waals surface area contributed by atoms with Crippen molar-refractivity contribution >= 4 is 23.4 Å². The van der Waals surface area contributed by atoms with Crippen LogP contribution in [-0.2, 0) is 0 Å². The van der Waals surface area contributed by atoms with Crippen LogP contribution in [0.2, 0.25) is 0 Å². The van der Waals surface area contributed by atoms with E-state index in [0.717, 1.165) is 17.2 Å². The molecule has 8 heteroatoms. The van der Waals surface area contributed by atoms with Gasteiger partial charge in [0, 0.05) is 24.1 Å². The molecule has 0 radical (unpaired) electrons. The van der Waals surface area contributed by atoms with Crippen molar-refractivity contribution in [2.75, 3.05) is 17.2 Å². The Labute approximate surface area is 134 Å². The van der Waals surface area contributed by atoms with Crippen LogP contribution in [0, 0.1) is 0 Å². The van der Waals surface area contributed by atoms with Crippen molar-refractivity contribution in [2.24, 2.45) is 0 Å². The zero-order valence-electron chi connectivity index (χ0n) is 11.7. The number of alkyl halides is 3. The number of hydrogen-bond acceptors (Lipinski definition) is 4. The molecule has 0 atom stereocenters. The summed E-state index contributed by atoms with van der Waals surface area (Å²) in [5.74, 6) is -0.123. The average Bonchev–Trinajstić information content (AvgIpc) is 2.52. The van der Waals surface area contributed by atoms with E-state index < -0.39 is 12.1 Å². The number of aromatic nitrogens is 1. The molecule has 0 aliphatic carbocycles. The van der Waals surface area contributed by atoms with Gasteiger partial charge in [-0.25, -0.2) is 4.98 Å². The van der Waals surface area contributed by atoms with Gasteiger partial charge in [0.05, 0.1) is 5.69 Å². The molecular formula is C15H11F3N2O2S. The van der Waals surface area contributed by atoms with Crippen molar-refractivity contribution in [3.8, 4) is 5.75 Å². The molecule has 4 nitrogen and oxygen atoms in total. The highest BCUT2D eigenvalue weighted by Gasteiger charge is 2.31. The van der Waals surface area contributed by atoms with Gasteiger partial charge in [-0.15, -0.1) is 24.9 Å². The number of amides is 1. The second-order valence-corrected chi connectivity index (χ2v) is 5.79. The Morgan fingerprint density at radius 3 is 2.87 bits per heavy atom. The Morgan fingerprint density at radius 2 is 2.09 bits per heavy atom. The Balaban J connectivity index is 1.88. The van der Waals surface area contributed by atoms with Crippen molar-refractivity contribution in [2.45, 2.75) is 11.4 Å². The summed E-state index contributed by atoms with van der Waals surface area (Å²) in [4.78, 5) is 18.4. The molecule has 0 saturated carbocycles. The summed E-state index contributed by atoms with van der Waals surface area (Å²) in [6.45, 7) is 0.465. The second kappa shape index (κ2) is 6.11. The molecule has 0 spiro atoms. The molecule has 3 rings (SSSR count). The molecule has 0 unspecified atom stereocenters. The number of fused-ring (bicyclic) bond motifs is 1. The fraction of sp³-hybridized carbons (Fsp3) is 0.200. The first kappa shape index (κ1) is 15.7. The molecule has 120 valence electrons. The molecule has 1 aliphatic heterocycles. The van der Waals surface area contributed by atoms with Crippen molar-refractivity contribution in [1.82, 2.24) is 4.98 Å². The number of nitrogens with zero attached hydrogens (tertiary/aromatic N) is 2. The van der Waals surface area contributed by atoms with Gasteiger partial charge in [-0.05, 0) is 30.3 Å². The molecule has 0 N–H and O–H groups in total. The lowest BCUT2D eigenvalue weighted by atomic mass is 10.1. The van der Waals surface area contributed by atoms with E-state index in [1.54, 1.807) is 18.3 Å². The lowest BCUT2D eigenvalue weighted by Gasteiger charge is -2.28. The quantitative estimate of drug-likeness (QED) is 0.835. The maximum atomic E-state index is 12.6. The van der Waals surface area contributed by atoms with Crippen LogP contribution in [0.4, 0.5) is 18.9 Å². The number of rotatable bonds is 2. The van der Waals surface area contributed by atoms with Crippen LogP contribution < -0.4 is 9.64 Å². The van der Waals surface area contributed by atoms with Gasteiger partial charge in [-0.3, -0.25) is 4.79 Å². The van der Waals surface area contributed by atoms with Crippen LogP contribution in [0.15, 0.2) is 47.6 Å².